The highest BCUT2D eigenvalue weighted by Gasteiger charge is 2.34. The predicted molar refractivity (Wildman–Crippen MR) is 95.1 cm³/mol. The van der Waals surface area contributed by atoms with Crippen LogP contribution >= 0.6 is 0 Å². The number of aromatic nitrogens is 3. The molecule has 2 atom stereocenters. The van der Waals surface area contributed by atoms with Gasteiger partial charge < -0.3 is 14.6 Å². The topological polar surface area (TPSA) is 79.0 Å². The van der Waals surface area contributed by atoms with E-state index < -0.39 is 0 Å². The number of imidazole rings is 1. The zero-order valence-electron chi connectivity index (χ0n) is 14.9. The molecule has 0 aliphatic carbocycles. The summed E-state index contributed by atoms with van der Waals surface area (Å²) in [5.74, 6) is 0.614. The summed E-state index contributed by atoms with van der Waals surface area (Å²) in [6.07, 6.45) is 5.40. The van der Waals surface area contributed by atoms with Crippen molar-refractivity contribution in [3.63, 3.8) is 0 Å². The quantitative estimate of drug-likeness (QED) is 0.895. The zero-order valence-corrected chi connectivity index (χ0v) is 14.9. The Morgan fingerprint density at radius 1 is 1.48 bits per heavy atom. The van der Waals surface area contributed by atoms with E-state index in [-0.39, 0.29) is 12.1 Å². The van der Waals surface area contributed by atoms with Crippen molar-refractivity contribution < 1.29 is 4.74 Å². The summed E-state index contributed by atoms with van der Waals surface area (Å²) in [5, 5.41) is 12.7. The highest BCUT2D eigenvalue weighted by molar-refractivity contribution is 5.55. The molecule has 0 amide bonds. The lowest BCUT2D eigenvalue weighted by Crippen LogP contribution is -2.48. The van der Waals surface area contributed by atoms with Gasteiger partial charge in [0, 0.05) is 32.5 Å². The maximum Gasteiger partial charge on any atom is 0.144 e. The molecule has 3 rings (SSSR count). The maximum atomic E-state index is 9.37. The van der Waals surface area contributed by atoms with Gasteiger partial charge in [-0.3, -0.25) is 4.90 Å². The van der Waals surface area contributed by atoms with Crippen molar-refractivity contribution in [1.29, 1.82) is 5.26 Å². The number of morpholine rings is 1. The molecule has 0 unspecified atom stereocenters. The third kappa shape index (κ3) is 3.50. The standard InChI is InChI=1S/C18H24N6O/c1-4-24-7-8-25-16(17(24)15-10-20-12-23(15)3)11-22-18-14(9-19)13(2)5-6-21-18/h5-6,10,12,16-17H,4,7-8,11H2,1-3H3,(H,21,22)/t16-,17-/m0/s1. The number of anilines is 1. The number of likely N-dealkylation sites (N-methyl/N-ethyl adjacent to an activating group) is 1. The molecule has 0 bridgehead atoms. The van der Waals surface area contributed by atoms with Gasteiger partial charge in [0.25, 0.3) is 0 Å². The summed E-state index contributed by atoms with van der Waals surface area (Å²) in [6, 6.07) is 4.19. The van der Waals surface area contributed by atoms with Gasteiger partial charge in [0.15, 0.2) is 0 Å². The normalized spacial score (nSPS) is 21.0. The summed E-state index contributed by atoms with van der Waals surface area (Å²) in [6.45, 7) is 7.20. The van der Waals surface area contributed by atoms with E-state index in [1.807, 2.05) is 37.1 Å². The molecule has 0 aromatic carbocycles. The number of aryl methyl sites for hydroxylation is 2. The average molecular weight is 340 g/mol. The fraction of sp³-hybridized carbons (Fsp3) is 0.500. The van der Waals surface area contributed by atoms with Crippen molar-refractivity contribution in [1.82, 2.24) is 19.4 Å². The Morgan fingerprint density at radius 2 is 2.32 bits per heavy atom. The van der Waals surface area contributed by atoms with Crippen molar-refractivity contribution >= 4 is 5.82 Å². The first kappa shape index (κ1) is 17.4. The van der Waals surface area contributed by atoms with E-state index in [9.17, 15) is 5.26 Å². The molecule has 3 heterocycles. The van der Waals surface area contributed by atoms with Crippen LogP contribution in [0.2, 0.25) is 0 Å². The second kappa shape index (κ2) is 7.64. The van der Waals surface area contributed by atoms with E-state index >= 15 is 0 Å². The summed E-state index contributed by atoms with van der Waals surface area (Å²) < 4.78 is 8.11. The smallest absolute Gasteiger partial charge is 0.144 e. The Hall–Kier alpha value is -2.43. The van der Waals surface area contributed by atoms with E-state index in [2.05, 4.69) is 33.2 Å². The summed E-state index contributed by atoms with van der Waals surface area (Å²) in [5.41, 5.74) is 2.64. The molecule has 132 valence electrons. The molecule has 0 saturated carbocycles. The first-order valence-electron chi connectivity index (χ1n) is 8.57. The van der Waals surface area contributed by atoms with Crippen LogP contribution in [0.5, 0.6) is 0 Å². The number of hydrogen-bond acceptors (Lipinski definition) is 6. The number of rotatable bonds is 5. The van der Waals surface area contributed by atoms with Gasteiger partial charge in [0.1, 0.15) is 11.9 Å². The van der Waals surface area contributed by atoms with Gasteiger partial charge in [-0.05, 0) is 25.1 Å². The van der Waals surface area contributed by atoms with Gasteiger partial charge in [-0.15, -0.1) is 0 Å². The minimum absolute atomic E-state index is 0.0436. The fourth-order valence-corrected chi connectivity index (χ4v) is 3.37. The molecule has 2 aromatic rings. The first-order valence-corrected chi connectivity index (χ1v) is 8.57. The Bertz CT molecular complexity index is 765. The van der Waals surface area contributed by atoms with Crippen molar-refractivity contribution in [3.8, 4) is 6.07 Å². The number of ether oxygens (including phenoxy) is 1. The summed E-state index contributed by atoms with van der Waals surface area (Å²) >= 11 is 0. The number of nitriles is 1. The molecule has 1 saturated heterocycles. The van der Waals surface area contributed by atoms with Gasteiger partial charge in [-0.1, -0.05) is 6.92 Å². The van der Waals surface area contributed by atoms with Crippen LogP contribution in [0, 0.1) is 18.3 Å². The minimum Gasteiger partial charge on any atom is -0.373 e. The zero-order chi connectivity index (χ0) is 17.8. The van der Waals surface area contributed by atoms with Crippen LogP contribution in [0.1, 0.15) is 29.8 Å². The van der Waals surface area contributed by atoms with Gasteiger partial charge in [0.2, 0.25) is 0 Å². The Morgan fingerprint density at radius 3 is 3.00 bits per heavy atom. The molecule has 0 spiro atoms. The molecule has 1 aliphatic rings. The van der Waals surface area contributed by atoms with E-state index in [0.717, 1.165) is 24.3 Å². The highest BCUT2D eigenvalue weighted by Crippen LogP contribution is 2.29. The monoisotopic (exact) mass is 340 g/mol. The molecule has 7 nitrogen and oxygen atoms in total. The molecular formula is C18H24N6O. The van der Waals surface area contributed by atoms with Crippen LogP contribution in [0.25, 0.3) is 0 Å². The van der Waals surface area contributed by atoms with Gasteiger partial charge in [0.05, 0.1) is 36.3 Å². The van der Waals surface area contributed by atoms with E-state index in [1.165, 1.54) is 0 Å². The van der Waals surface area contributed by atoms with E-state index in [1.54, 1.807) is 6.20 Å². The lowest BCUT2D eigenvalue weighted by Gasteiger charge is -2.40. The molecule has 2 aromatic heterocycles. The van der Waals surface area contributed by atoms with E-state index in [4.69, 9.17) is 4.74 Å². The molecule has 1 N–H and O–H groups in total. The second-order valence-electron chi connectivity index (χ2n) is 6.26. The van der Waals surface area contributed by atoms with Crippen molar-refractivity contribution in [2.45, 2.75) is 26.0 Å². The lowest BCUT2D eigenvalue weighted by atomic mass is 10.0. The average Bonchev–Trinajstić information content (AvgIpc) is 3.05. The molecular weight excluding hydrogens is 316 g/mol. The predicted octanol–water partition coefficient (Wildman–Crippen LogP) is 1.87. The molecule has 7 heteroatoms. The van der Waals surface area contributed by atoms with Crippen molar-refractivity contribution in [2.24, 2.45) is 7.05 Å². The van der Waals surface area contributed by atoms with Crippen LogP contribution < -0.4 is 5.32 Å². The maximum absolute atomic E-state index is 9.37. The Labute approximate surface area is 148 Å². The Kier molecular flexibility index (Phi) is 5.31. The van der Waals surface area contributed by atoms with Gasteiger partial charge >= 0.3 is 0 Å². The fourth-order valence-electron chi connectivity index (χ4n) is 3.37. The molecule has 25 heavy (non-hydrogen) atoms. The SMILES string of the molecule is CCN1CCO[C@@H](CNc2nccc(C)c2C#N)[C@@H]1c1cncn1C. The lowest BCUT2D eigenvalue weighted by molar-refractivity contribution is -0.0661. The van der Waals surface area contributed by atoms with Gasteiger partial charge in [-0.25, -0.2) is 9.97 Å². The number of pyridine rings is 1. The second-order valence-corrected chi connectivity index (χ2v) is 6.26. The molecule has 1 fully saturated rings. The van der Waals surface area contributed by atoms with Crippen LogP contribution in [0.4, 0.5) is 5.82 Å². The molecule has 1 aliphatic heterocycles. The minimum atomic E-state index is -0.0436. The van der Waals surface area contributed by atoms with Crippen molar-refractivity contribution in [2.75, 3.05) is 31.6 Å². The summed E-state index contributed by atoms with van der Waals surface area (Å²) in [7, 11) is 2.01. The number of nitrogens with zero attached hydrogens (tertiary/aromatic N) is 5. The Balaban J connectivity index is 1.82. The van der Waals surface area contributed by atoms with Gasteiger partial charge in [-0.2, -0.15) is 5.26 Å². The van der Waals surface area contributed by atoms with Crippen LogP contribution in [0.3, 0.4) is 0 Å². The number of hydrogen-bond donors (Lipinski definition) is 1. The third-order valence-electron chi connectivity index (χ3n) is 4.76. The highest BCUT2D eigenvalue weighted by atomic mass is 16.5. The first-order chi connectivity index (χ1) is 12.2. The van der Waals surface area contributed by atoms with Crippen LogP contribution in [-0.2, 0) is 11.8 Å². The molecule has 0 radical (unpaired) electrons. The van der Waals surface area contributed by atoms with Crippen LogP contribution in [0.15, 0.2) is 24.8 Å². The third-order valence-corrected chi connectivity index (χ3v) is 4.76. The van der Waals surface area contributed by atoms with Crippen LogP contribution in [-0.4, -0.2) is 51.8 Å². The van der Waals surface area contributed by atoms with Crippen molar-refractivity contribution in [3.05, 3.63) is 41.6 Å². The van der Waals surface area contributed by atoms with E-state index in [0.29, 0.717) is 24.5 Å². The summed E-state index contributed by atoms with van der Waals surface area (Å²) in [4.78, 5) is 11.0. The largest absolute Gasteiger partial charge is 0.373 e. The number of nitrogens with one attached hydrogen (secondary N) is 1.